The lowest BCUT2D eigenvalue weighted by Gasteiger charge is -2.12. The number of fused-ring (bicyclic) bond motifs is 3. The van der Waals surface area contributed by atoms with Crippen molar-refractivity contribution in [2.24, 2.45) is 5.92 Å². The van der Waals surface area contributed by atoms with E-state index in [0.29, 0.717) is 5.92 Å². The Morgan fingerprint density at radius 2 is 2.00 bits per heavy atom. The molecule has 152 valence electrons. The summed E-state index contributed by atoms with van der Waals surface area (Å²) >= 11 is 0. The highest BCUT2D eigenvalue weighted by Gasteiger charge is 2.20. The summed E-state index contributed by atoms with van der Waals surface area (Å²) in [4.78, 5) is 12.8. The molecule has 1 atom stereocenters. The number of nitrogens with one attached hydrogen (secondary N) is 2. The molecule has 7 heteroatoms. The molecule has 0 amide bonds. The van der Waals surface area contributed by atoms with Crippen molar-refractivity contribution < 1.29 is 9.26 Å². The third-order valence-electron chi connectivity index (χ3n) is 5.50. The summed E-state index contributed by atoms with van der Waals surface area (Å²) in [5, 5.41) is 9.62. The molecule has 0 spiro atoms. The zero-order chi connectivity index (χ0) is 20.7. The van der Waals surface area contributed by atoms with Gasteiger partial charge in [0.15, 0.2) is 0 Å². The first kappa shape index (κ1) is 19.2. The van der Waals surface area contributed by atoms with Gasteiger partial charge in [-0.3, -0.25) is 0 Å². The van der Waals surface area contributed by atoms with E-state index in [9.17, 15) is 0 Å². The summed E-state index contributed by atoms with van der Waals surface area (Å²) in [6.45, 7) is 11.0. The number of ether oxygens (including phenoxy) is 1. The van der Waals surface area contributed by atoms with E-state index in [-0.39, 0.29) is 0 Å². The summed E-state index contributed by atoms with van der Waals surface area (Å²) < 4.78 is 11.1. The van der Waals surface area contributed by atoms with E-state index in [4.69, 9.17) is 9.26 Å². The van der Waals surface area contributed by atoms with Crippen LogP contribution in [0.2, 0.25) is 0 Å². The fourth-order valence-corrected chi connectivity index (χ4v) is 3.71. The molecule has 0 saturated carbocycles. The second-order valence-electron chi connectivity index (χ2n) is 7.66. The number of aromatic amines is 1. The molecule has 0 fully saturated rings. The fraction of sp³-hybridized carbons (Fsp3) is 0.409. The molecule has 1 aromatic carbocycles. The molecule has 0 aliphatic rings. The highest BCUT2D eigenvalue weighted by atomic mass is 16.5. The van der Waals surface area contributed by atoms with Gasteiger partial charge in [0.25, 0.3) is 0 Å². The molecule has 3 heterocycles. The van der Waals surface area contributed by atoms with E-state index < -0.39 is 0 Å². The Morgan fingerprint density at radius 3 is 2.66 bits per heavy atom. The first-order valence-electron chi connectivity index (χ1n) is 9.98. The Bertz CT molecular complexity index is 1170. The molecule has 29 heavy (non-hydrogen) atoms. The lowest BCUT2D eigenvalue weighted by atomic mass is 10.0. The molecular weight excluding hydrogens is 366 g/mol. The Balaban J connectivity index is 1.94. The molecule has 0 aliphatic heterocycles. The number of H-pyrrole nitrogens is 1. The minimum absolute atomic E-state index is 0.561. The van der Waals surface area contributed by atoms with E-state index >= 15 is 0 Å². The van der Waals surface area contributed by atoms with E-state index in [0.717, 1.165) is 74.9 Å². The van der Waals surface area contributed by atoms with E-state index in [1.54, 1.807) is 7.11 Å². The number of rotatable bonds is 6. The molecule has 1 unspecified atom stereocenters. The van der Waals surface area contributed by atoms with Gasteiger partial charge >= 0.3 is 0 Å². The van der Waals surface area contributed by atoms with Crippen LogP contribution in [0.25, 0.3) is 33.1 Å². The molecule has 2 N–H and O–H groups in total. The van der Waals surface area contributed by atoms with Crippen molar-refractivity contribution in [1.82, 2.24) is 20.1 Å². The molecule has 7 nitrogen and oxygen atoms in total. The Morgan fingerprint density at radius 1 is 1.21 bits per heavy atom. The normalized spacial score (nSPS) is 12.6. The van der Waals surface area contributed by atoms with Gasteiger partial charge in [0.05, 0.1) is 23.8 Å². The van der Waals surface area contributed by atoms with Crippen LogP contribution in [0.15, 0.2) is 16.7 Å². The van der Waals surface area contributed by atoms with Gasteiger partial charge < -0.3 is 19.6 Å². The number of methoxy groups -OCH3 is 1. The third kappa shape index (κ3) is 3.30. The van der Waals surface area contributed by atoms with Crippen LogP contribution in [0.3, 0.4) is 0 Å². The van der Waals surface area contributed by atoms with Crippen LogP contribution in [0.4, 0.5) is 5.82 Å². The maximum Gasteiger partial charge on any atom is 0.144 e. The van der Waals surface area contributed by atoms with Crippen molar-refractivity contribution in [3.8, 4) is 16.9 Å². The number of aryl methyl sites for hydroxylation is 3. The quantitative estimate of drug-likeness (QED) is 0.470. The van der Waals surface area contributed by atoms with Crippen molar-refractivity contribution in [2.45, 2.75) is 41.0 Å². The summed E-state index contributed by atoms with van der Waals surface area (Å²) in [6, 6.07) is 4.12. The molecule has 0 bridgehead atoms. The molecule has 4 aromatic rings. The third-order valence-corrected chi connectivity index (χ3v) is 5.50. The van der Waals surface area contributed by atoms with Gasteiger partial charge in [0, 0.05) is 23.0 Å². The predicted octanol–water partition coefficient (Wildman–Crippen LogP) is 5.16. The number of benzene rings is 1. The topological polar surface area (TPSA) is 88.9 Å². The lowest BCUT2D eigenvalue weighted by molar-refractivity contribution is 0.393. The van der Waals surface area contributed by atoms with Gasteiger partial charge in [0.1, 0.15) is 28.8 Å². The fourth-order valence-electron chi connectivity index (χ4n) is 3.71. The predicted molar refractivity (Wildman–Crippen MR) is 116 cm³/mol. The molecule has 4 rings (SSSR count). The number of anilines is 1. The standard InChI is InChI=1S/C22H27N5O2/c1-7-11(2)10-23-21-20-15-9-18(28-6)16(19-12(3)27-29-13(19)4)8-17(15)26-22(20)25-14(5)24-21/h8-9,11H,7,10H2,1-6H3,(H2,23,24,25,26). The van der Waals surface area contributed by atoms with E-state index in [1.807, 2.05) is 26.8 Å². The van der Waals surface area contributed by atoms with Crippen LogP contribution in [0, 0.1) is 26.7 Å². The summed E-state index contributed by atoms with van der Waals surface area (Å²) in [5.41, 5.74) is 4.53. The highest BCUT2D eigenvalue weighted by Crippen LogP contribution is 2.40. The van der Waals surface area contributed by atoms with Gasteiger partial charge in [-0.05, 0) is 38.8 Å². The van der Waals surface area contributed by atoms with Gasteiger partial charge in [-0.25, -0.2) is 9.97 Å². The van der Waals surface area contributed by atoms with Gasteiger partial charge in [0.2, 0.25) is 0 Å². The average Bonchev–Trinajstić information content (AvgIpc) is 3.22. The SMILES string of the molecule is CCC(C)CNc1nc(C)nc2[nH]c3cc(-c4c(C)noc4C)c(OC)cc3c12. The molecule has 0 radical (unpaired) electrons. The highest BCUT2D eigenvalue weighted by molar-refractivity contribution is 6.12. The Labute approximate surface area is 169 Å². The zero-order valence-electron chi connectivity index (χ0n) is 17.8. The maximum absolute atomic E-state index is 5.74. The molecule has 3 aromatic heterocycles. The van der Waals surface area contributed by atoms with Crippen LogP contribution < -0.4 is 10.1 Å². The number of nitrogens with zero attached hydrogens (tertiary/aromatic N) is 3. The second kappa shape index (κ2) is 7.39. The average molecular weight is 393 g/mol. The van der Waals surface area contributed by atoms with Crippen LogP contribution in [0.5, 0.6) is 5.75 Å². The zero-order valence-corrected chi connectivity index (χ0v) is 17.8. The maximum atomic E-state index is 5.74. The largest absolute Gasteiger partial charge is 0.496 e. The molecule has 0 aliphatic carbocycles. The van der Waals surface area contributed by atoms with Gasteiger partial charge in [-0.2, -0.15) is 0 Å². The van der Waals surface area contributed by atoms with Crippen molar-refractivity contribution in [1.29, 1.82) is 0 Å². The van der Waals surface area contributed by atoms with Crippen molar-refractivity contribution >= 4 is 27.8 Å². The van der Waals surface area contributed by atoms with Crippen molar-refractivity contribution in [3.63, 3.8) is 0 Å². The minimum Gasteiger partial charge on any atom is -0.496 e. The van der Waals surface area contributed by atoms with Crippen LogP contribution >= 0.6 is 0 Å². The summed E-state index contributed by atoms with van der Waals surface area (Å²) in [7, 11) is 1.68. The van der Waals surface area contributed by atoms with Crippen molar-refractivity contribution in [3.05, 3.63) is 29.4 Å². The first-order valence-corrected chi connectivity index (χ1v) is 9.98. The smallest absolute Gasteiger partial charge is 0.144 e. The number of hydrogen-bond acceptors (Lipinski definition) is 6. The molecular formula is C22H27N5O2. The van der Waals surface area contributed by atoms with Crippen LogP contribution in [-0.2, 0) is 0 Å². The van der Waals surface area contributed by atoms with Gasteiger partial charge in [-0.15, -0.1) is 0 Å². The van der Waals surface area contributed by atoms with Crippen LogP contribution in [-0.4, -0.2) is 33.8 Å². The Hall–Kier alpha value is -3.09. The second-order valence-corrected chi connectivity index (χ2v) is 7.66. The Kier molecular flexibility index (Phi) is 4.90. The summed E-state index contributed by atoms with van der Waals surface area (Å²) in [6.07, 6.45) is 1.11. The van der Waals surface area contributed by atoms with E-state index in [2.05, 4.69) is 45.3 Å². The van der Waals surface area contributed by atoms with E-state index in [1.165, 1.54) is 0 Å². The number of hydrogen-bond donors (Lipinski definition) is 2. The van der Waals surface area contributed by atoms with Crippen molar-refractivity contribution in [2.75, 3.05) is 19.0 Å². The number of aromatic nitrogens is 4. The van der Waals surface area contributed by atoms with Crippen LogP contribution in [0.1, 0.15) is 37.5 Å². The lowest BCUT2D eigenvalue weighted by Crippen LogP contribution is -2.12. The first-order chi connectivity index (χ1) is 13.9. The van der Waals surface area contributed by atoms with Gasteiger partial charge in [-0.1, -0.05) is 25.4 Å². The minimum atomic E-state index is 0.561. The monoisotopic (exact) mass is 393 g/mol. The molecule has 0 saturated heterocycles. The summed E-state index contributed by atoms with van der Waals surface area (Å²) in [5.74, 6) is 3.68.